The summed E-state index contributed by atoms with van der Waals surface area (Å²) >= 11 is 12.6. The molecule has 0 radical (unpaired) electrons. The summed E-state index contributed by atoms with van der Waals surface area (Å²) in [7, 11) is 0. The summed E-state index contributed by atoms with van der Waals surface area (Å²) in [5.74, 6) is -0.180. The van der Waals surface area contributed by atoms with Gasteiger partial charge < -0.3 is 16.2 Å². The number of para-hydroxylation sites is 1. The van der Waals surface area contributed by atoms with Crippen molar-refractivity contribution in [2.45, 2.75) is 12.8 Å². The molecule has 0 bridgehead atoms. The van der Waals surface area contributed by atoms with E-state index in [0.717, 1.165) is 0 Å². The number of aliphatic hydroxyl groups excluding tert-OH is 1. The molecule has 0 atom stereocenters. The molecule has 2 aromatic carbocycles. The number of hydrogen-bond donors (Lipinski definition) is 3. The number of aliphatic hydroxyl groups is 1. The van der Waals surface area contributed by atoms with Crippen molar-refractivity contribution < 1.29 is 14.7 Å². The highest BCUT2D eigenvalue weighted by atomic mass is 35.5. The number of amides is 1. The van der Waals surface area contributed by atoms with E-state index < -0.39 is 5.91 Å². The number of pyridine rings is 1. The molecule has 0 fully saturated rings. The quantitative estimate of drug-likeness (QED) is 0.286. The molecule has 0 unspecified atom stereocenters. The molecule has 1 amide bonds. The van der Waals surface area contributed by atoms with Crippen molar-refractivity contribution in [3.8, 4) is 16.9 Å². The number of nitrogens with one attached hydrogen (secondary N) is 1. The lowest BCUT2D eigenvalue weighted by Gasteiger charge is -2.11. The Kier molecular flexibility index (Phi) is 7.45. The Balaban J connectivity index is 1.70. The first-order chi connectivity index (χ1) is 16.9. The molecular weight excluding hydrogens is 489 g/mol. The van der Waals surface area contributed by atoms with Crippen molar-refractivity contribution in [1.82, 2.24) is 14.8 Å². The number of aromatic nitrogens is 3. The summed E-state index contributed by atoms with van der Waals surface area (Å²) in [6, 6.07) is 18.6. The molecule has 0 saturated heterocycles. The first-order valence-corrected chi connectivity index (χ1v) is 11.5. The first kappa shape index (κ1) is 24.4. The molecule has 0 aliphatic heterocycles. The Hall–Kier alpha value is -3.72. The number of halogens is 2. The first-order valence-electron chi connectivity index (χ1n) is 10.7. The van der Waals surface area contributed by atoms with Gasteiger partial charge in [-0.2, -0.15) is 5.10 Å². The van der Waals surface area contributed by atoms with Crippen LogP contribution in [0.3, 0.4) is 0 Å². The number of Topliss-reactive ketones (excluding diaryl/α,β-unsaturated/α-hetero) is 1. The van der Waals surface area contributed by atoms with Crippen LogP contribution in [0.4, 0.5) is 11.6 Å². The molecule has 35 heavy (non-hydrogen) atoms. The molecule has 0 aliphatic carbocycles. The average molecular weight is 510 g/mol. The van der Waals surface area contributed by atoms with Crippen LogP contribution in [0.5, 0.6) is 0 Å². The molecule has 0 saturated carbocycles. The number of ketones is 1. The lowest BCUT2D eigenvalue weighted by atomic mass is 10.1. The number of nitrogens with zero attached hydrogens (tertiary/aromatic N) is 3. The molecule has 10 heteroatoms. The number of carbonyl (C=O) groups excluding carboxylic acids is 2. The number of hydrogen-bond acceptors (Lipinski definition) is 6. The highest BCUT2D eigenvalue weighted by Crippen LogP contribution is 2.30. The zero-order valence-electron chi connectivity index (χ0n) is 18.4. The van der Waals surface area contributed by atoms with Gasteiger partial charge in [0.25, 0.3) is 5.91 Å². The maximum atomic E-state index is 13.3. The standard InChI is InChI=1S/C25H21Cl2N5O3/c26-18-9-8-15(24-19(27)10-11-22(28)29-24)13-17(18)25(35)30-23-14-20(21(34)7-4-12-33)31-32(23)16-5-2-1-3-6-16/h1-3,5-6,8-11,13-14,33H,4,7,12H2,(H2,28,29)(H,30,35). The molecule has 4 rings (SSSR count). The number of carbonyl (C=O) groups is 2. The van der Waals surface area contributed by atoms with Crippen molar-refractivity contribution >= 4 is 46.5 Å². The summed E-state index contributed by atoms with van der Waals surface area (Å²) in [6.07, 6.45) is 0.458. The van der Waals surface area contributed by atoms with E-state index in [2.05, 4.69) is 15.4 Å². The third-order valence-electron chi connectivity index (χ3n) is 5.15. The minimum Gasteiger partial charge on any atom is -0.396 e. The van der Waals surface area contributed by atoms with Crippen LogP contribution < -0.4 is 11.1 Å². The summed E-state index contributed by atoms with van der Waals surface area (Å²) < 4.78 is 1.47. The highest BCUT2D eigenvalue weighted by molar-refractivity contribution is 6.35. The van der Waals surface area contributed by atoms with E-state index in [0.29, 0.717) is 28.4 Å². The molecule has 2 aromatic heterocycles. The van der Waals surface area contributed by atoms with Crippen LogP contribution in [-0.4, -0.2) is 38.2 Å². The third-order valence-corrected chi connectivity index (χ3v) is 5.79. The zero-order chi connectivity index (χ0) is 24.9. The molecule has 0 spiro atoms. The van der Waals surface area contributed by atoms with Gasteiger partial charge in [-0.1, -0.05) is 47.5 Å². The van der Waals surface area contributed by atoms with Gasteiger partial charge in [0, 0.05) is 24.7 Å². The number of anilines is 2. The smallest absolute Gasteiger partial charge is 0.258 e. The zero-order valence-corrected chi connectivity index (χ0v) is 19.9. The van der Waals surface area contributed by atoms with Crippen LogP contribution in [0.15, 0.2) is 66.7 Å². The Morgan fingerprint density at radius 2 is 1.74 bits per heavy atom. The second-order valence-electron chi connectivity index (χ2n) is 7.63. The van der Waals surface area contributed by atoms with Gasteiger partial charge in [0.15, 0.2) is 5.78 Å². The summed E-state index contributed by atoms with van der Waals surface area (Å²) in [5.41, 5.74) is 7.79. The summed E-state index contributed by atoms with van der Waals surface area (Å²) in [6.45, 7) is -0.102. The summed E-state index contributed by atoms with van der Waals surface area (Å²) in [5, 5.41) is 16.8. The van der Waals surface area contributed by atoms with E-state index in [-0.39, 0.29) is 46.7 Å². The highest BCUT2D eigenvalue weighted by Gasteiger charge is 2.20. The van der Waals surface area contributed by atoms with Crippen LogP contribution in [0, 0.1) is 0 Å². The predicted molar refractivity (Wildman–Crippen MR) is 136 cm³/mol. The minimum atomic E-state index is -0.511. The molecule has 2 heterocycles. The molecule has 0 aliphatic rings. The average Bonchev–Trinajstić information content (AvgIpc) is 3.28. The predicted octanol–water partition coefficient (Wildman–Crippen LogP) is 5.03. The van der Waals surface area contributed by atoms with Crippen LogP contribution in [0.1, 0.15) is 33.7 Å². The fraction of sp³-hybridized carbons (Fsp3) is 0.120. The van der Waals surface area contributed by atoms with Gasteiger partial charge in [-0.3, -0.25) is 9.59 Å². The summed E-state index contributed by atoms with van der Waals surface area (Å²) in [4.78, 5) is 30.1. The van der Waals surface area contributed by atoms with Crippen LogP contribution >= 0.6 is 23.2 Å². The van der Waals surface area contributed by atoms with Crippen molar-refractivity contribution in [2.24, 2.45) is 0 Å². The van der Waals surface area contributed by atoms with E-state index in [4.69, 9.17) is 34.0 Å². The molecule has 4 N–H and O–H groups in total. The molecule has 178 valence electrons. The monoisotopic (exact) mass is 509 g/mol. The van der Waals surface area contributed by atoms with E-state index in [1.54, 1.807) is 42.5 Å². The van der Waals surface area contributed by atoms with Crippen LogP contribution in [0.2, 0.25) is 10.0 Å². The fourth-order valence-electron chi connectivity index (χ4n) is 3.43. The van der Waals surface area contributed by atoms with Crippen molar-refractivity contribution in [1.29, 1.82) is 0 Å². The van der Waals surface area contributed by atoms with Gasteiger partial charge in [0.2, 0.25) is 0 Å². The molecule has 8 nitrogen and oxygen atoms in total. The Labute approximate surface area is 211 Å². The maximum Gasteiger partial charge on any atom is 0.258 e. The number of rotatable bonds is 8. The van der Waals surface area contributed by atoms with Crippen molar-refractivity contribution in [3.05, 3.63) is 88.0 Å². The largest absolute Gasteiger partial charge is 0.396 e. The lowest BCUT2D eigenvalue weighted by molar-refractivity contribution is 0.0965. The maximum absolute atomic E-state index is 13.3. The van der Waals surface area contributed by atoms with Gasteiger partial charge in [-0.05, 0) is 42.8 Å². The topological polar surface area (TPSA) is 123 Å². The Morgan fingerprint density at radius 3 is 2.49 bits per heavy atom. The minimum absolute atomic E-state index is 0.102. The third kappa shape index (κ3) is 5.51. The number of benzene rings is 2. The van der Waals surface area contributed by atoms with Gasteiger partial charge >= 0.3 is 0 Å². The Bertz CT molecular complexity index is 1390. The van der Waals surface area contributed by atoms with Gasteiger partial charge in [-0.15, -0.1) is 0 Å². The second kappa shape index (κ2) is 10.7. The SMILES string of the molecule is Nc1ccc(Cl)c(-c2ccc(Cl)c(C(=O)Nc3cc(C(=O)CCCO)nn3-c3ccccc3)c2)n1. The van der Waals surface area contributed by atoms with Crippen LogP contribution in [-0.2, 0) is 0 Å². The van der Waals surface area contributed by atoms with E-state index in [1.165, 1.54) is 10.7 Å². The lowest BCUT2D eigenvalue weighted by Crippen LogP contribution is -2.15. The van der Waals surface area contributed by atoms with E-state index in [9.17, 15) is 9.59 Å². The second-order valence-corrected chi connectivity index (χ2v) is 8.44. The molecule has 4 aromatic rings. The number of nitrogens with two attached hydrogens (primary N) is 1. The van der Waals surface area contributed by atoms with E-state index in [1.807, 2.05) is 18.2 Å². The number of nitrogen functional groups attached to an aromatic ring is 1. The fourth-order valence-corrected chi connectivity index (χ4v) is 3.85. The van der Waals surface area contributed by atoms with Crippen molar-refractivity contribution in [2.75, 3.05) is 17.7 Å². The molecular formula is C25H21Cl2N5O3. The van der Waals surface area contributed by atoms with Gasteiger partial charge in [0.05, 0.1) is 27.0 Å². The van der Waals surface area contributed by atoms with Crippen molar-refractivity contribution in [3.63, 3.8) is 0 Å². The van der Waals surface area contributed by atoms with E-state index >= 15 is 0 Å². The normalized spacial score (nSPS) is 10.8. The van der Waals surface area contributed by atoms with Crippen LogP contribution in [0.25, 0.3) is 16.9 Å². The van der Waals surface area contributed by atoms with Gasteiger partial charge in [0.1, 0.15) is 17.3 Å². The Morgan fingerprint density at radius 1 is 1.00 bits per heavy atom. The van der Waals surface area contributed by atoms with Gasteiger partial charge in [-0.25, -0.2) is 9.67 Å².